The smallest absolute Gasteiger partial charge is 0.137 e. The van der Waals surface area contributed by atoms with Gasteiger partial charge in [-0.1, -0.05) is 6.42 Å². The number of piperidine rings is 1. The molecule has 2 nitrogen and oxygen atoms in total. The average Bonchev–Trinajstić information content (AvgIpc) is 2.65. The molecule has 110 valence electrons. The first-order valence-electron chi connectivity index (χ1n) is 7.60. The number of benzene rings is 1. The molecule has 0 bridgehead atoms. The van der Waals surface area contributed by atoms with Gasteiger partial charge in [0, 0.05) is 31.4 Å². The predicted molar refractivity (Wildman–Crippen MR) is 84.9 cm³/mol. The largest absolute Gasteiger partial charge is 0.370 e. The molecule has 0 N–H and O–H groups in total. The second kappa shape index (κ2) is 6.02. The number of rotatable bonds is 1. The molecule has 2 aliphatic rings. The lowest BCUT2D eigenvalue weighted by atomic mass is 10.0. The van der Waals surface area contributed by atoms with Crippen molar-refractivity contribution in [3.05, 3.63) is 28.0 Å². The van der Waals surface area contributed by atoms with Crippen molar-refractivity contribution < 1.29 is 4.39 Å². The first-order chi connectivity index (χ1) is 9.65. The molecule has 2 aliphatic heterocycles. The molecule has 0 radical (unpaired) electrons. The van der Waals surface area contributed by atoms with Crippen LogP contribution in [0.25, 0.3) is 0 Å². The molecule has 2 saturated heterocycles. The van der Waals surface area contributed by atoms with E-state index in [1.165, 1.54) is 44.5 Å². The molecule has 1 atom stereocenters. The number of aryl methyl sites for hydroxylation is 1. The molecule has 0 amide bonds. The SMILES string of the molecule is Cc1cc(F)c(Br)cc1N1CCCN2CCCCC2C1. The van der Waals surface area contributed by atoms with E-state index in [-0.39, 0.29) is 5.82 Å². The Kier molecular flexibility index (Phi) is 4.32. The van der Waals surface area contributed by atoms with Gasteiger partial charge in [-0.3, -0.25) is 4.90 Å². The second-order valence-electron chi connectivity index (χ2n) is 6.04. The van der Waals surface area contributed by atoms with Crippen molar-refractivity contribution in [2.75, 3.05) is 31.1 Å². The van der Waals surface area contributed by atoms with Crippen LogP contribution in [-0.4, -0.2) is 37.1 Å². The van der Waals surface area contributed by atoms with E-state index in [4.69, 9.17) is 0 Å². The third-order valence-electron chi connectivity index (χ3n) is 4.63. The van der Waals surface area contributed by atoms with Crippen LogP contribution in [0.5, 0.6) is 0 Å². The van der Waals surface area contributed by atoms with Crippen molar-refractivity contribution in [2.24, 2.45) is 0 Å². The fraction of sp³-hybridized carbons (Fsp3) is 0.625. The third kappa shape index (κ3) is 2.86. The van der Waals surface area contributed by atoms with Gasteiger partial charge >= 0.3 is 0 Å². The summed E-state index contributed by atoms with van der Waals surface area (Å²) in [6.45, 7) is 6.63. The number of hydrogen-bond acceptors (Lipinski definition) is 2. The van der Waals surface area contributed by atoms with E-state index in [9.17, 15) is 4.39 Å². The monoisotopic (exact) mass is 340 g/mol. The van der Waals surface area contributed by atoms with Gasteiger partial charge in [-0.05, 0) is 66.4 Å². The summed E-state index contributed by atoms with van der Waals surface area (Å²) in [7, 11) is 0. The molecule has 3 rings (SSSR count). The zero-order valence-corrected chi connectivity index (χ0v) is 13.6. The Morgan fingerprint density at radius 2 is 1.95 bits per heavy atom. The first kappa shape index (κ1) is 14.3. The molecule has 1 unspecified atom stereocenters. The van der Waals surface area contributed by atoms with Crippen LogP contribution in [0.3, 0.4) is 0 Å². The summed E-state index contributed by atoms with van der Waals surface area (Å²) in [5, 5.41) is 0. The summed E-state index contributed by atoms with van der Waals surface area (Å²) in [6, 6.07) is 4.26. The Labute approximate surface area is 129 Å². The van der Waals surface area contributed by atoms with Gasteiger partial charge in [-0.25, -0.2) is 4.39 Å². The molecule has 1 aromatic rings. The minimum Gasteiger partial charge on any atom is -0.370 e. The number of halogens is 2. The fourth-order valence-corrected chi connectivity index (χ4v) is 3.90. The van der Waals surface area contributed by atoms with Gasteiger partial charge in [-0.2, -0.15) is 0 Å². The highest BCUT2D eigenvalue weighted by Crippen LogP contribution is 2.30. The molecular formula is C16H22BrFN2. The lowest BCUT2D eigenvalue weighted by molar-refractivity contribution is 0.162. The van der Waals surface area contributed by atoms with Gasteiger partial charge in [0.25, 0.3) is 0 Å². The number of fused-ring (bicyclic) bond motifs is 1. The van der Waals surface area contributed by atoms with E-state index in [2.05, 4.69) is 25.7 Å². The quantitative estimate of drug-likeness (QED) is 0.763. The zero-order chi connectivity index (χ0) is 14.1. The van der Waals surface area contributed by atoms with E-state index < -0.39 is 0 Å². The van der Waals surface area contributed by atoms with Gasteiger partial charge in [0.05, 0.1) is 4.47 Å². The van der Waals surface area contributed by atoms with Crippen LogP contribution in [0.2, 0.25) is 0 Å². The molecule has 0 aromatic heterocycles. The summed E-state index contributed by atoms with van der Waals surface area (Å²) in [5.41, 5.74) is 2.22. The molecule has 2 fully saturated rings. The first-order valence-corrected chi connectivity index (χ1v) is 8.39. The van der Waals surface area contributed by atoms with Crippen molar-refractivity contribution in [3.8, 4) is 0 Å². The van der Waals surface area contributed by atoms with Crippen molar-refractivity contribution in [2.45, 2.75) is 38.6 Å². The Morgan fingerprint density at radius 3 is 2.80 bits per heavy atom. The lowest BCUT2D eigenvalue weighted by Gasteiger charge is -2.36. The molecule has 20 heavy (non-hydrogen) atoms. The summed E-state index contributed by atoms with van der Waals surface area (Å²) in [4.78, 5) is 5.10. The highest BCUT2D eigenvalue weighted by molar-refractivity contribution is 9.10. The molecule has 4 heteroatoms. The van der Waals surface area contributed by atoms with Gasteiger partial charge < -0.3 is 4.90 Å². The highest BCUT2D eigenvalue weighted by Gasteiger charge is 2.27. The molecular weight excluding hydrogens is 319 g/mol. The maximum atomic E-state index is 13.6. The van der Waals surface area contributed by atoms with E-state index in [1.54, 1.807) is 6.07 Å². The summed E-state index contributed by atoms with van der Waals surface area (Å²) < 4.78 is 14.2. The second-order valence-corrected chi connectivity index (χ2v) is 6.89. The summed E-state index contributed by atoms with van der Waals surface area (Å²) in [5.74, 6) is -0.166. The number of nitrogens with zero attached hydrogens (tertiary/aromatic N) is 2. The predicted octanol–water partition coefficient (Wildman–Crippen LogP) is 3.96. The van der Waals surface area contributed by atoms with E-state index in [1.807, 2.05) is 13.0 Å². The van der Waals surface area contributed by atoms with Crippen molar-refractivity contribution >= 4 is 21.6 Å². The molecule has 1 aromatic carbocycles. The molecule has 0 aliphatic carbocycles. The minimum atomic E-state index is -0.166. The fourth-order valence-electron chi connectivity index (χ4n) is 3.57. The van der Waals surface area contributed by atoms with Crippen molar-refractivity contribution in [1.82, 2.24) is 4.90 Å². The Hall–Kier alpha value is -0.610. The molecule has 2 heterocycles. The van der Waals surface area contributed by atoms with Crippen LogP contribution in [0.15, 0.2) is 16.6 Å². The number of hydrogen-bond donors (Lipinski definition) is 0. The highest BCUT2D eigenvalue weighted by atomic mass is 79.9. The Balaban J connectivity index is 1.84. The summed E-state index contributed by atoms with van der Waals surface area (Å²) >= 11 is 3.32. The Bertz CT molecular complexity index is 492. The maximum absolute atomic E-state index is 13.6. The van der Waals surface area contributed by atoms with Crippen LogP contribution in [-0.2, 0) is 0 Å². The minimum absolute atomic E-state index is 0.166. The third-order valence-corrected chi connectivity index (χ3v) is 5.24. The van der Waals surface area contributed by atoms with Gasteiger partial charge in [0.1, 0.15) is 5.82 Å². The van der Waals surface area contributed by atoms with Crippen LogP contribution in [0.1, 0.15) is 31.2 Å². The van der Waals surface area contributed by atoms with Gasteiger partial charge in [0.2, 0.25) is 0 Å². The maximum Gasteiger partial charge on any atom is 0.137 e. The van der Waals surface area contributed by atoms with Crippen LogP contribution >= 0.6 is 15.9 Å². The van der Waals surface area contributed by atoms with Crippen LogP contribution < -0.4 is 4.90 Å². The van der Waals surface area contributed by atoms with Crippen molar-refractivity contribution in [3.63, 3.8) is 0 Å². The van der Waals surface area contributed by atoms with E-state index in [0.717, 1.165) is 18.7 Å². The lowest BCUT2D eigenvalue weighted by Crippen LogP contribution is -2.44. The standard InChI is InChI=1S/C16H22BrFN2/c1-12-9-15(18)14(17)10-16(12)20-8-4-7-19-6-3-2-5-13(19)11-20/h9-10,13H,2-8,11H2,1H3. The van der Waals surface area contributed by atoms with E-state index >= 15 is 0 Å². The van der Waals surface area contributed by atoms with Crippen LogP contribution in [0, 0.1) is 12.7 Å². The molecule has 0 spiro atoms. The van der Waals surface area contributed by atoms with Gasteiger partial charge in [0.15, 0.2) is 0 Å². The normalized spacial score (nSPS) is 24.4. The zero-order valence-electron chi connectivity index (χ0n) is 12.0. The molecule has 0 saturated carbocycles. The van der Waals surface area contributed by atoms with Crippen LogP contribution in [0.4, 0.5) is 10.1 Å². The van der Waals surface area contributed by atoms with Crippen molar-refractivity contribution in [1.29, 1.82) is 0 Å². The average molecular weight is 341 g/mol. The number of anilines is 1. The summed E-state index contributed by atoms with van der Waals surface area (Å²) in [6.07, 6.45) is 5.20. The Morgan fingerprint density at radius 1 is 1.15 bits per heavy atom. The van der Waals surface area contributed by atoms with Gasteiger partial charge in [-0.15, -0.1) is 0 Å². The van der Waals surface area contributed by atoms with E-state index in [0.29, 0.717) is 10.5 Å². The topological polar surface area (TPSA) is 6.48 Å².